The highest BCUT2D eigenvalue weighted by Crippen LogP contribution is 2.23. The molecule has 0 heterocycles. The second kappa shape index (κ2) is 6.24. The molecule has 0 radical (unpaired) electrons. The summed E-state index contributed by atoms with van der Waals surface area (Å²) in [5, 5.41) is 2.52. The highest BCUT2D eigenvalue weighted by atomic mass is 19.4. The monoisotopic (exact) mass is 197 g/mol. The molecule has 4 heteroatoms. The number of unbranched alkanes of at least 4 members (excludes halogenated alkanes) is 1. The first-order valence-electron chi connectivity index (χ1n) is 4.82. The van der Waals surface area contributed by atoms with Crippen LogP contribution in [0.4, 0.5) is 13.2 Å². The topological polar surface area (TPSA) is 12.0 Å². The molecule has 0 bridgehead atoms. The van der Waals surface area contributed by atoms with Crippen LogP contribution in [0.25, 0.3) is 0 Å². The van der Waals surface area contributed by atoms with Crippen molar-refractivity contribution in [3.8, 4) is 0 Å². The number of hydrogen-bond acceptors (Lipinski definition) is 1. The van der Waals surface area contributed by atoms with E-state index in [0.29, 0.717) is 13.0 Å². The molecule has 0 aliphatic heterocycles. The van der Waals surface area contributed by atoms with Gasteiger partial charge in [-0.1, -0.05) is 26.7 Å². The Kier molecular flexibility index (Phi) is 6.12. The predicted molar refractivity (Wildman–Crippen MR) is 47.7 cm³/mol. The van der Waals surface area contributed by atoms with E-state index in [9.17, 15) is 13.2 Å². The molecule has 1 N–H and O–H groups in total. The van der Waals surface area contributed by atoms with Crippen LogP contribution in [0.1, 0.15) is 39.5 Å². The van der Waals surface area contributed by atoms with Crippen molar-refractivity contribution in [3.05, 3.63) is 0 Å². The lowest BCUT2D eigenvalue weighted by molar-refractivity contribution is -0.157. The molecule has 0 rings (SSSR count). The van der Waals surface area contributed by atoms with Crippen LogP contribution >= 0.6 is 0 Å². The molecule has 0 aliphatic carbocycles. The lowest BCUT2D eigenvalue weighted by Crippen LogP contribution is -2.42. The van der Waals surface area contributed by atoms with Crippen molar-refractivity contribution in [1.29, 1.82) is 0 Å². The van der Waals surface area contributed by atoms with Gasteiger partial charge >= 0.3 is 6.18 Å². The standard InChI is InChI=1S/C9H18F3N/c1-3-5-6-8(9(10,11)12)13-7-4-2/h8,13H,3-7H2,1-2H3. The van der Waals surface area contributed by atoms with Crippen molar-refractivity contribution in [1.82, 2.24) is 5.32 Å². The van der Waals surface area contributed by atoms with E-state index in [1.807, 2.05) is 13.8 Å². The van der Waals surface area contributed by atoms with Gasteiger partial charge in [-0.15, -0.1) is 0 Å². The van der Waals surface area contributed by atoms with Crippen LogP contribution in [0.3, 0.4) is 0 Å². The molecule has 0 aliphatic rings. The van der Waals surface area contributed by atoms with Crippen molar-refractivity contribution in [2.24, 2.45) is 0 Å². The van der Waals surface area contributed by atoms with Crippen LogP contribution in [0.2, 0.25) is 0 Å². The minimum Gasteiger partial charge on any atom is -0.306 e. The van der Waals surface area contributed by atoms with Gasteiger partial charge in [0.1, 0.15) is 6.04 Å². The Hall–Kier alpha value is -0.250. The number of halogens is 3. The summed E-state index contributed by atoms with van der Waals surface area (Å²) in [4.78, 5) is 0. The average molecular weight is 197 g/mol. The average Bonchev–Trinajstić information content (AvgIpc) is 2.02. The van der Waals surface area contributed by atoms with Crippen LogP contribution in [0, 0.1) is 0 Å². The van der Waals surface area contributed by atoms with E-state index in [4.69, 9.17) is 0 Å². The molecule has 0 aromatic rings. The minimum atomic E-state index is -4.09. The third-order valence-electron chi connectivity index (χ3n) is 1.88. The largest absolute Gasteiger partial charge is 0.403 e. The van der Waals surface area contributed by atoms with Crippen LogP contribution in [-0.2, 0) is 0 Å². The maximum absolute atomic E-state index is 12.3. The summed E-state index contributed by atoms with van der Waals surface area (Å²) in [6, 6.07) is -1.31. The van der Waals surface area contributed by atoms with Crippen LogP contribution in [0.5, 0.6) is 0 Å². The number of hydrogen-bond donors (Lipinski definition) is 1. The number of rotatable bonds is 6. The molecule has 0 saturated carbocycles. The molecule has 0 spiro atoms. The molecule has 0 aromatic heterocycles. The Morgan fingerprint density at radius 1 is 1.15 bits per heavy atom. The van der Waals surface area contributed by atoms with Gasteiger partial charge in [-0.3, -0.25) is 0 Å². The summed E-state index contributed by atoms with van der Waals surface area (Å²) in [6.07, 6.45) is -1.73. The molecule has 0 saturated heterocycles. The van der Waals surface area contributed by atoms with E-state index >= 15 is 0 Å². The smallest absolute Gasteiger partial charge is 0.306 e. The SMILES string of the molecule is CCCCC(NCCC)C(F)(F)F. The van der Waals surface area contributed by atoms with Gasteiger partial charge < -0.3 is 5.32 Å². The summed E-state index contributed by atoms with van der Waals surface area (Å²) in [5.41, 5.74) is 0. The van der Waals surface area contributed by atoms with Gasteiger partial charge in [-0.2, -0.15) is 13.2 Å². The third kappa shape index (κ3) is 5.91. The lowest BCUT2D eigenvalue weighted by Gasteiger charge is -2.21. The van der Waals surface area contributed by atoms with Crippen molar-refractivity contribution in [3.63, 3.8) is 0 Å². The minimum absolute atomic E-state index is 0.194. The maximum atomic E-state index is 12.3. The Morgan fingerprint density at radius 2 is 1.77 bits per heavy atom. The Labute approximate surface area is 77.7 Å². The Balaban J connectivity index is 3.88. The van der Waals surface area contributed by atoms with Crippen LogP contribution < -0.4 is 5.32 Å². The van der Waals surface area contributed by atoms with E-state index in [1.54, 1.807) is 0 Å². The zero-order valence-corrected chi connectivity index (χ0v) is 8.25. The first kappa shape index (κ1) is 12.8. The molecule has 1 nitrogen and oxygen atoms in total. The van der Waals surface area contributed by atoms with Crippen molar-refractivity contribution in [2.45, 2.75) is 51.7 Å². The quantitative estimate of drug-likeness (QED) is 0.690. The Bertz CT molecular complexity index is 115. The molecule has 0 aromatic carbocycles. The van der Waals surface area contributed by atoms with Gasteiger partial charge in [-0.25, -0.2) is 0 Å². The van der Waals surface area contributed by atoms with Gasteiger partial charge in [0.2, 0.25) is 0 Å². The maximum Gasteiger partial charge on any atom is 0.403 e. The molecule has 0 fully saturated rings. The van der Waals surface area contributed by atoms with E-state index in [0.717, 1.165) is 12.8 Å². The summed E-state index contributed by atoms with van der Waals surface area (Å²) >= 11 is 0. The first-order valence-corrected chi connectivity index (χ1v) is 4.82. The van der Waals surface area contributed by atoms with Crippen LogP contribution in [0.15, 0.2) is 0 Å². The fraction of sp³-hybridized carbons (Fsp3) is 1.00. The fourth-order valence-electron chi connectivity index (χ4n) is 1.11. The van der Waals surface area contributed by atoms with Gasteiger partial charge in [0.05, 0.1) is 0 Å². The highest BCUT2D eigenvalue weighted by Gasteiger charge is 2.38. The molecular weight excluding hydrogens is 179 g/mol. The molecule has 80 valence electrons. The summed E-state index contributed by atoms with van der Waals surface area (Å²) in [5.74, 6) is 0. The molecule has 1 unspecified atom stereocenters. The molecule has 1 atom stereocenters. The lowest BCUT2D eigenvalue weighted by atomic mass is 10.1. The van der Waals surface area contributed by atoms with Crippen molar-refractivity contribution in [2.75, 3.05) is 6.54 Å². The summed E-state index contributed by atoms with van der Waals surface area (Å²) in [7, 11) is 0. The van der Waals surface area contributed by atoms with Crippen molar-refractivity contribution >= 4 is 0 Å². The van der Waals surface area contributed by atoms with E-state index < -0.39 is 12.2 Å². The highest BCUT2D eigenvalue weighted by molar-refractivity contribution is 4.74. The van der Waals surface area contributed by atoms with E-state index in [1.165, 1.54) is 0 Å². The van der Waals surface area contributed by atoms with E-state index in [-0.39, 0.29) is 6.42 Å². The van der Waals surface area contributed by atoms with Gasteiger partial charge in [-0.05, 0) is 19.4 Å². The second-order valence-corrected chi connectivity index (χ2v) is 3.19. The van der Waals surface area contributed by atoms with E-state index in [2.05, 4.69) is 5.32 Å². The van der Waals surface area contributed by atoms with Gasteiger partial charge in [0.25, 0.3) is 0 Å². The number of alkyl halides is 3. The predicted octanol–water partition coefficient (Wildman–Crippen LogP) is 3.11. The zero-order valence-electron chi connectivity index (χ0n) is 8.25. The van der Waals surface area contributed by atoms with Gasteiger partial charge in [0, 0.05) is 0 Å². The molecule has 13 heavy (non-hydrogen) atoms. The van der Waals surface area contributed by atoms with Crippen molar-refractivity contribution < 1.29 is 13.2 Å². The number of nitrogens with one attached hydrogen (secondary N) is 1. The van der Waals surface area contributed by atoms with Gasteiger partial charge in [0.15, 0.2) is 0 Å². The molecular formula is C9H18F3N. The first-order chi connectivity index (χ1) is 6.02. The third-order valence-corrected chi connectivity index (χ3v) is 1.88. The Morgan fingerprint density at radius 3 is 2.15 bits per heavy atom. The zero-order chi connectivity index (χ0) is 10.3. The molecule has 0 amide bonds. The normalized spacial score (nSPS) is 14.5. The summed E-state index contributed by atoms with van der Waals surface area (Å²) in [6.45, 7) is 4.20. The fourth-order valence-corrected chi connectivity index (χ4v) is 1.11. The second-order valence-electron chi connectivity index (χ2n) is 3.19. The summed E-state index contributed by atoms with van der Waals surface area (Å²) < 4.78 is 36.9. The van der Waals surface area contributed by atoms with Crippen LogP contribution in [-0.4, -0.2) is 18.8 Å².